The smallest absolute Gasteiger partial charge is 0.362 e. The van der Waals surface area contributed by atoms with Crippen LogP contribution in [-0.4, -0.2) is 52.4 Å². The van der Waals surface area contributed by atoms with Gasteiger partial charge >= 0.3 is 7.60 Å². The minimum atomic E-state index is -4.56. The second-order valence-electron chi connectivity index (χ2n) is 8.94. The van der Waals surface area contributed by atoms with Crippen molar-refractivity contribution in [2.45, 2.75) is 89.3 Å². The Hall–Kier alpha value is -0.450. The first-order valence-electron chi connectivity index (χ1n) is 10.9. The van der Waals surface area contributed by atoms with E-state index in [4.69, 9.17) is 0 Å². The molecule has 0 aromatic heterocycles. The second-order valence-corrected chi connectivity index (χ2v) is 10.9. The number of rotatable bonds is 17. The van der Waals surface area contributed by atoms with Crippen molar-refractivity contribution in [2.75, 3.05) is 27.7 Å². The van der Waals surface area contributed by atoms with Crippen LogP contribution in [-0.2, 0) is 4.57 Å². The van der Waals surface area contributed by atoms with Gasteiger partial charge in [0.1, 0.15) is 6.54 Å². The molecule has 166 valence electrons. The van der Waals surface area contributed by atoms with E-state index in [-0.39, 0.29) is 13.0 Å². The van der Waals surface area contributed by atoms with Gasteiger partial charge in [0.25, 0.3) is 0 Å². The van der Waals surface area contributed by atoms with E-state index in [2.05, 4.69) is 31.2 Å². The summed E-state index contributed by atoms with van der Waals surface area (Å²) in [6.45, 7) is 2.26. The highest BCUT2D eigenvalue weighted by atomic mass is 31.2. The number of likely N-dealkylation sites (N-methyl/N-ethyl adjacent to an activating group) is 1. The SMILES string of the molecule is CCCCC/C=C\CCCCC/C=C\CCCC(O)(C[N+](C)(C)C)P(=O)(O)O. The van der Waals surface area contributed by atoms with Crippen molar-refractivity contribution >= 4 is 7.60 Å². The van der Waals surface area contributed by atoms with Crippen LogP contribution in [0.1, 0.15) is 84.0 Å². The summed E-state index contributed by atoms with van der Waals surface area (Å²) in [5, 5.41) is 8.54. The molecule has 0 aliphatic carbocycles. The van der Waals surface area contributed by atoms with Gasteiger partial charge in [-0.05, 0) is 57.8 Å². The van der Waals surface area contributed by atoms with Crippen molar-refractivity contribution in [3.63, 3.8) is 0 Å². The number of aliphatic hydroxyl groups is 1. The van der Waals surface area contributed by atoms with Crippen LogP contribution < -0.4 is 0 Å². The number of quaternary nitrogens is 1. The van der Waals surface area contributed by atoms with E-state index in [0.29, 0.717) is 10.9 Å². The normalized spacial score (nSPS) is 15.5. The number of unbranched alkanes of at least 4 members (excludes halogenated alkanes) is 8. The fourth-order valence-electron chi connectivity index (χ4n) is 3.26. The van der Waals surface area contributed by atoms with E-state index in [1.165, 1.54) is 51.4 Å². The maximum absolute atomic E-state index is 11.7. The van der Waals surface area contributed by atoms with Crippen LogP contribution >= 0.6 is 7.60 Å². The molecule has 0 aliphatic rings. The van der Waals surface area contributed by atoms with Crippen molar-refractivity contribution in [2.24, 2.45) is 0 Å². The Balaban J connectivity index is 3.87. The van der Waals surface area contributed by atoms with Crippen molar-refractivity contribution in [3.05, 3.63) is 24.3 Å². The number of hydrogen-bond acceptors (Lipinski definition) is 2. The first-order chi connectivity index (χ1) is 13.0. The molecular formula is C22H45NO4P+. The molecule has 6 heteroatoms. The van der Waals surface area contributed by atoms with E-state index >= 15 is 0 Å². The Morgan fingerprint density at radius 2 is 1.21 bits per heavy atom. The van der Waals surface area contributed by atoms with Gasteiger partial charge in [-0.3, -0.25) is 4.57 Å². The van der Waals surface area contributed by atoms with Gasteiger partial charge < -0.3 is 19.4 Å². The van der Waals surface area contributed by atoms with Crippen LogP contribution in [0.15, 0.2) is 24.3 Å². The van der Waals surface area contributed by atoms with Gasteiger partial charge in [-0.15, -0.1) is 0 Å². The highest BCUT2D eigenvalue weighted by molar-refractivity contribution is 7.53. The number of nitrogens with zero attached hydrogens (tertiary/aromatic N) is 1. The Morgan fingerprint density at radius 1 is 0.786 bits per heavy atom. The average Bonchev–Trinajstić information content (AvgIpc) is 2.56. The first-order valence-corrected chi connectivity index (χ1v) is 12.5. The minimum Gasteiger partial charge on any atom is -0.373 e. The van der Waals surface area contributed by atoms with Gasteiger partial charge in [0.2, 0.25) is 5.34 Å². The van der Waals surface area contributed by atoms with Gasteiger partial charge in [-0.25, -0.2) is 0 Å². The van der Waals surface area contributed by atoms with Gasteiger partial charge in [0.05, 0.1) is 21.1 Å². The molecule has 0 aromatic carbocycles. The summed E-state index contributed by atoms with van der Waals surface area (Å²) in [5.74, 6) is 0. The Labute approximate surface area is 173 Å². The van der Waals surface area contributed by atoms with Crippen LogP contribution in [0.5, 0.6) is 0 Å². The molecule has 3 N–H and O–H groups in total. The first kappa shape index (κ1) is 27.5. The lowest BCUT2D eigenvalue weighted by Crippen LogP contribution is -2.49. The molecule has 0 saturated heterocycles. The summed E-state index contributed by atoms with van der Waals surface area (Å²) in [7, 11) is 0.905. The molecule has 0 fully saturated rings. The Bertz CT molecular complexity index is 493. The molecule has 0 rings (SSSR count). The lowest BCUT2D eigenvalue weighted by atomic mass is 10.1. The molecule has 0 radical (unpaired) electrons. The van der Waals surface area contributed by atoms with Gasteiger partial charge in [0.15, 0.2) is 0 Å². The molecule has 0 aliphatic heterocycles. The summed E-state index contributed by atoms with van der Waals surface area (Å²) in [5.41, 5.74) is 0. The molecular weight excluding hydrogens is 373 g/mol. The number of hydrogen-bond donors (Lipinski definition) is 3. The van der Waals surface area contributed by atoms with Gasteiger partial charge in [0, 0.05) is 0 Å². The minimum absolute atomic E-state index is 0.0358. The third-order valence-corrected chi connectivity index (χ3v) is 6.22. The summed E-state index contributed by atoms with van der Waals surface area (Å²) in [6, 6.07) is 0. The standard InChI is InChI=1S/C22H44NO4P/c1-5-6-7-8-9-10-11-12-13-14-15-16-17-18-19-20-22(24,28(25,26)27)21-23(2,3)4/h9-10,16-17,24H,5-8,11-15,18-21H2,1-4H3,(H-,25,26,27)/p+1/b10-9-,17-16-. The van der Waals surface area contributed by atoms with Crippen LogP contribution in [0.2, 0.25) is 0 Å². The van der Waals surface area contributed by atoms with Crippen molar-refractivity contribution in [1.29, 1.82) is 0 Å². The predicted molar refractivity (Wildman–Crippen MR) is 119 cm³/mol. The lowest BCUT2D eigenvalue weighted by Gasteiger charge is -2.35. The summed E-state index contributed by atoms with van der Waals surface area (Å²) >= 11 is 0. The highest BCUT2D eigenvalue weighted by Gasteiger charge is 2.48. The van der Waals surface area contributed by atoms with Crippen LogP contribution in [0.4, 0.5) is 0 Å². The average molecular weight is 419 g/mol. The van der Waals surface area contributed by atoms with Crippen molar-refractivity contribution in [1.82, 2.24) is 0 Å². The zero-order chi connectivity index (χ0) is 21.5. The van der Waals surface area contributed by atoms with Crippen LogP contribution in [0.3, 0.4) is 0 Å². The molecule has 5 nitrogen and oxygen atoms in total. The quantitative estimate of drug-likeness (QED) is 0.128. The molecule has 0 bridgehead atoms. The van der Waals surface area contributed by atoms with Crippen molar-refractivity contribution < 1.29 is 23.9 Å². The van der Waals surface area contributed by atoms with E-state index < -0.39 is 12.9 Å². The van der Waals surface area contributed by atoms with Crippen LogP contribution in [0.25, 0.3) is 0 Å². The predicted octanol–water partition coefficient (Wildman–Crippen LogP) is 5.37. The molecule has 0 saturated carbocycles. The maximum atomic E-state index is 11.7. The Kier molecular flexibility index (Phi) is 14.3. The number of allylic oxidation sites excluding steroid dienone is 4. The molecule has 1 atom stereocenters. The third-order valence-electron chi connectivity index (χ3n) is 4.77. The topological polar surface area (TPSA) is 77.8 Å². The monoisotopic (exact) mass is 418 g/mol. The molecule has 0 heterocycles. The molecule has 0 amide bonds. The molecule has 28 heavy (non-hydrogen) atoms. The fraction of sp³-hybridized carbons (Fsp3) is 0.818. The summed E-state index contributed by atoms with van der Waals surface area (Å²) in [4.78, 5) is 19.1. The fourth-order valence-corrected chi connectivity index (χ4v) is 4.32. The van der Waals surface area contributed by atoms with E-state index in [9.17, 15) is 19.5 Å². The van der Waals surface area contributed by atoms with E-state index in [1.807, 2.05) is 21.1 Å². The third kappa shape index (κ3) is 14.5. The van der Waals surface area contributed by atoms with Gasteiger partial charge in [-0.1, -0.05) is 50.5 Å². The van der Waals surface area contributed by atoms with Crippen molar-refractivity contribution in [3.8, 4) is 0 Å². The summed E-state index contributed by atoms with van der Waals surface area (Å²) in [6.07, 6.45) is 21.2. The summed E-state index contributed by atoms with van der Waals surface area (Å²) < 4.78 is 12.0. The zero-order valence-corrected chi connectivity index (χ0v) is 19.5. The zero-order valence-electron chi connectivity index (χ0n) is 18.6. The Morgan fingerprint density at radius 3 is 1.61 bits per heavy atom. The molecule has 0 spiro atoms. The lowest BCUT2D eigenvalue weighted by molar-refractivity contribution is -0.875. The molecule has 0 aromatic rings. The largest absolute Gasteiger partial charge is 0.373 e. The maximum Gasteiger partial charge on any atom is 0.362 e. The molecule has 1 unspecified atom stereocenters. The van der Waals surface area contributed by atoms with E-state index in [0.717, 1.165) is 12.8 Å². The van der Waals surface area contributed by atoms with Gasteiger partial charge in [-0.2, -0.15) is 0 Å². The van der Waals surface area contributed by atoms with Crippen LogP contribution in [0, 0.1) is 0 Å². The highest BCUT2D eigenvalue weighted by Crippen LogP contribution is 2.52. The second kappa shape index (κ2) is 14.5. The van der Waals surface area contributed by atoms with E-state index in [1.54, 1.807) is 0 Å².